The van der Waals surface area contributed by atoms with Gasteiger partial charge in [0.1, 0.15) is 5.75 Å². The third-order valence-electron chi connectivity index (χ3n) is 3.93. The molecule has 0 amide bonds. The second-order valence-corrected chi connectivity index (χ2v) is 5.23. The first-order chi connectivity index (χ1) is 11.3. The van der Waals surface area contributed by atoms with Crippen molar-refractivity contribution >= 4 is 22.5 Å². The van der Waals surface area contributed by atoms with Gasteiger partial charge in [-0.15, -0.1) is 0 Å². The number of rotatable bonds is 3. The molecule has 114 valence electrons. The van der Waals surface area contributed by atoms with Crippen LogP contribution in [-0.4, -0.2) is 28.5 Å². The van der Waals surface area contributed by atoms with E-state index in [-0.39, 0.29) is 0 Å². The lowest BCUT2D eigenvalue weighted by atomic mass is 10.1. The molecule has 1 N–H and O–H groups in total. The second kappa shape index (κ2) is 5.28. The first kappa shape index (κ1) is 13.6. The standard InChI is InChI=1S/C18H16N4O/c1-19-17-18-20-11-16(12-6-5-7-13(10-12)23-2)22(18)15-9-4-3-8-14(15)21-17/h3-11H,1-2H3,(H,19,21). The molecule has 0 aliphatic heterocycles. The maximum atomic E-state index is 5.34. The van der Waals surface area contributed by atoms with Gasteiger partial charge >= 0.3 is 0 Å². The van der Waals surface area contributed by atoms with Crippen LogP contribution in [0.2, 0.25) is 0 Å². The summed E-state index contributed by atoms with van der Waals surface area (Å²) >= 11 is 0. The fourth-order valence-corrected chi connectivity index (χ4v) is 2.83. The van der Waals surface area contributed by atoms with Gasteiger partial charge in [-0.3, -0.25) is 4.40 Å². The molecule has 0 bridgehead atoms. The van der Waals surface area contributed by atoms with Crippen LogP contribution in [0.5, 0.6) is 5.75 Å². The van der Waals surface area contributed by atoms with Crippen LogP contribution < -0.4 is 10.1 Å². The van der Waals surface area contributed by atoms with Crippen molar-refractivity contribution in [2.24, 2.45) is 0 Å². The summed E-state index contributed by atoms with van der Waals surface area (Å²) in [6.45, 7) is 0. The van der Waals surface area contributed by atoms with E-state index in [0.717, 1.165) is 39.5 Å². The predicted molar refractivity (Wildman–Crippen MR) is 92.0 cm³/mol. The Kier molecular flexibility index (Phi) is 3.12. The van der Waals surface area contributed by atoms with E-state index in [0.29, 0.717) is 0 Å². The van der Waals surface area contributed by atoms with E-state index in [4.69, 9.17) is 4.74 Å². The van der Waals surface area contributed by atoms with E-state index in [1.807, 2.05) is 49.6 Å². The molecular formula is C18H16N4O. The van der Waals surface area contributed by atoms with Crippen LogP contribution in [0.15, 0.2) is 54.7 Å². The number of hydrogen-bond donors (Lipinski definition) is 1. The topological polar surface area (TPSA) is 51.5 Å². The van der Waals surface area contributed by atoms with Gasteiger partial charge in [-0.25, -0.2) is 9.97 Å². The highest BCUT2D eigenvalue weighted by Gasteiger charge is 2.14. The van der Waals surface area contributed by atoms with Crippen LogP contribution in [0.4, 0.5) is 5.82 Å². The van der Waals surface area contributed by atoms with Crippen LogP contribution in [0.1, 0.15) is 0 Å². The molecule has 0 fully saturated rings. The van der Waals surface area contributed by atoms with Gasteiger partial charge in [0.05, 0.1) is 30.0 Å². The Bertz CT molecular complexity index is 1010. The SMILES string of the molecule is CNc1nc2ccccc2n2c(-c3cccc(OC)c3)cnc12. The molecule has 2 heterocycles. The van der Waals surface area contributed by atoms with Crippen LogP contribution in [0, 0.1) is 0 Å². The van der Waals surface area contributed by atoms with E-state index in [9.17, 15) is 0 Å². The molecule has 0 unspecified atom stereocenters. The second-order valence-electron chi connectivity index (χ2n) is 5.23. The summed E-state index contributed by atoms with van der Waals surface area (Å²) in [7, 11) is 3.53. The number of hydrogen-bond acceptors (Lipinski definition) is 4. The van der Waals surface area contributed by atoms with Gasteiger partial charge in [0, 0.05) is 12.6 Å². The lowest BCUT2D eigenvalue weighted by molar-refractivity contribution is 0.415. The Labute approximate surface area is 133 Å². The molecule has 2 aromatic carbocycles. The molecule has 2 aromatic heterocycles. The number of ether oxygens (including phenoxy) is 1. The molecular weight excluding hydrogens is 288 g/mol. The van der Waals surface area contributed by atoms with Crippen molar-refractivity contribution in [1.29, 1.82) is 0 Å². The molecule has 0 saturated carbocycles. The van der Waals surface area contributed by atoms with Crippen molar-refractivity contribution < 1.29 is 4.74 Å². The molecule has 0 radical (unpaired) electrons. The number of aromatic nitrogens is 3. The van der Waals surface area contributed by atoms with Gasteiger partial charge in [0.2, 0.25) is 0 Å². The molecule has 0 spiro atoms. The first-order valence-electron chi connectivity index (χ1n) is 7.40. The summed E-state index contributed by atoms with van der Waals surface area (Å²) < 4.78 is 7.47. The van der Waals surface area contributed by atoms with Gasteiger partial charge in [0.25, 0.3) is 0 Å². The average Bonchev–Trinajstić information content (AvgIpc) is 3.06. The van der Waals surface area contributed by atoms with E-state index in [1.165, 1.54) is 0 Å². The zero-order valence-electron chi connectivity index (χ0n) is 12.9. The van der Waals surface area contributed by atoms with Crippen LogP contribution in [0.3, 0.4) is 0 Å². The van der Waals surface area contributed by atoms with E-state index in [2.05, 4.69) is 31.8 Å². The Morgan fingerprint density at radius 2 is 1.96 bits per heavy atom. The molecule has 5 nitrogen and oxygen atoms in total. The maximum Gasteiger partial charge on any atom is 0.181 e. The number of benzene rings is 2. The number of nitrogens with zero attached hydrogens (tertiary/aromatic N) is 3. The van der Waals surface area contributed by atoms with Crippen LogP contribution >= 0.6 is 0 Å². The summed E-state index contributed by atoms with van der Waals surface area (Å²) in [5.74, 6) is 1.59. The van der Waals surface area contributed by atoms with Crippen LogP contribution in [0.25, 0.3) is 27.9 Å². The third-order valence-corrected chi connectivity index (χ3v) is 3.93. The quantitative estimate of drug-likeness (QED) is 0.628. The largest absolute Gasteiger partial charge is 0.497 e. The summed E-state index contributed by atoms with van der Waals surface area (Å²) in [5, 5.41) is 3.13. The van der Waals surface area contributed by atoms with E-state index in [1.54, 1.807) is 7.11 Å². The highest BCUT2D eigenvalue weighted by atomic mass is 16.5. The summed E-state index contributed by atoms with van der Waals surface area (Å²) in [6, 6.07) is 16.0. The monoisotopic (exact) mass is 304 g/mol. The molecule has 0 aliphatic carbocycles. The Balaban J connectivity index is 2.10. The molecule has 23 heavy (non-hydrogen) atoms. The summed E-state index contributed by atoms with van der Waals surface area (Å²) in [5.41, 5.74) is 4.82. The number of anilines is 1. The van der Waals surface area contributed by atoms with Gasteiger partial charge in [-0.2, -0.15) is 0 Å². The smallest absolute Gasteiger partial charge is 0.181 e. The number of nitrogens with one attached hydrogen (secondary N) is 1. The maximum absolute atomic E-state index is 5.34. The zero-order chi connectivity index (χ0) is 15.8. The van der Waals surface area contributed by atoms with Crippen molar-refractivity contribution in [3.05, 3.63) is 54.7 Å². The molecule has 5 heteroatoms. The van der Waals surface area contributed by atoms with Gasteiger partial charge < -0.3 is 10.1 Å². The van der Waals surface area contributed by atoms with Gasteiger partial charge in [0.15, 0.2) is 11.5 Å². The summed E-state index contributed by atoms with van der Waals surface area (Å²) in [4.78, 5) is 9.21. The lowest BCUT2D eigenvalue weighted by Gasteiger charge is -2.10. The van der Waals surface area contributed by atoms with E-state index >= 15 is 0 Å². The predicted octanol–water partition coefficient (Wildman–Crippen LogP) is 3.60. The van der Waals surface area contributed by atoms with Crippen molar-refractivity contribution in [1.82, 2.24) is 14.4 Å². The molecule has 0 aliphatic rings. The van der Waals surface area contributed by atoms with Crippen molar-refractivity contribution in [3.8, 4) is 17.0 Å². The average molecular weight is 304 g/mol. The number of methoxy groups -OCH3 is 1. The Morgan fingerprint density at radius 1 is 1.09 bits per heavy atom. The highest BCUT2D eigenvalue weighted by molar-refractivity contribution is 5.86. The summed E-state index contributed by atoms with van der Waals surface area (Å²) in [6.07, 6.45) is 1.87. The fourth-order valence-electron chi connectivity index (χ4n) is 2.83. The van der Waals surface area contributed by atoms with Gasteiger partial charge in [-0.1, -0.05) is 24.3 Å². The third kappa shape index (κ3) is 2.09. The van der Waals surface area contributed by atoms with Gasteiger partial charge in [-0.05, 0) is 24.3 Å². The first-order valence-corrected chi connectivity index (χ1v) is 7.40. The normalized spacial score (nSPS) is 11.0. The molecule has 0 atom stereocenters. The number of para-hydroxylation sites is 2. The lowest BCUT2D eigenvalue weighted by Crippen LogP contribution is -2.00. The number of imidazole rings is 1. The van der Waals surface area contributed by atoms with Crippen molar-refractivity contribution in [2.45, 2.75) is 0 Å². The fraction of sp³-hybridized carbons (Fsp3) is 0.111. The van der Waals surface area contributed by atoms with Crippen molar-refractivity contribution in [2.75, 3.05) is 19.5 Å². The zero-order valence-corrected chi connectivity index (χ0v) is 12.9. The Hall–Kier alpha value is -3.08. The molecule has 0 saturated heterocycles. The minimum atomic E-state index is 0.762. The van der Waals surface area contributed by atoms with Crippen LogP contribution in [-0.2, 0) is 0 Å². The van der Waals surface area contributed by atoms with E-state index < -0.39 is 0 Å². The Morgan fingerprint density at radius 3 is 2.78 bits per heavy atom. The van der Waals surface area contributed by atoms with Crippen molar-refractivity contribution in [3.63, 3.8) is 0 Å². The minimum absolute atomic E-state index is 0.762. The molecule has 4 rings (SSSR count). The molecule has 4 aromatic rings. The minimum Gasteiger partial charge on any atom is -0.497 e. The number of fused-ring (bicyclic) bond motifs is 3. The highest BCUT2D eigenvalue weighted by Crippen LogP contribution is 2.29.